The summed E-state index contributed by atoms with van der Waals surface area (Å²) in [6, 6.07) is 0. The molecule has 1 unspecified atom stereocenters. The summed E-state index contributed by atoms with van der Waals surface area (Å²) in [7, 11) is 1.68. The Bertz CT molecular complexity index is 796. The van der Waals surface area contributed by atoms with Gasteiger partial charge < -0.3 is 14.8 Å². The van der Waals surface area contributed by atoms with Gasteiger partial charge in [-0.25, -0.2) is 0 Å². The number of piperidine rings is 1. The Labute approximate surface area is 226 Å². The Kier molecular flexibility index (Phi) is 15.4. The zero-order valence-electron chi connectivity index (χ0n) is 23.0. The number of esters is 1. The highest BCUT2D eigenvalue weighted by Crippen LogP contribution is 2.45. The number of hydrogen-bond donors (Lipinski definition) is 1. The number of methoxy groups -OCH3 is 1. The van der Waals surface area contributed by atoms with Gasteiger partial charge in [0.05, 0.1) is 29.1 Å². The predicted octanol–water partition coefficient (Wildman–Crippen LogP) is 6.32. The quantitative estimate of drug-likeness (QED) is 0.380. The van der Waals surface area contributed by atoms with Gasteiger partial charge in [-0.1, -0.05) is 55.4 Å². The number of rotatable bonds is 9. The molecule has 37 heavy (non-hydrogen) atoms. The van der Waals surface area contributed by atoms with Crippen LogP contribution < -0.4 is 5.32 Å². The van der Waals surface area contributed by atoms with Crippen LogP contribution in [0.3, 0.4) is 0 Å². The lowest BCUT2D eigenvalue weighted by atomic mass is 9.70. The van der Waals surface area contributed by atoms with E-state index in [-0.39, 0.29) is 44.9 Å². The maximum atomic E-state index is 12.8. The number of aryl methyl sites for hydroxylation is 1. The van der Waals surface area contributed by atoms with Crippen molar-refractivity contribution in [2.75, 3.05) is 20.2 Å². The number of carbonyl (C=O) groups is 2. The maximum Gasteiger partial charge on any atom is 0.315 e. The van der Waals surface area contributed by atoms with E-state index in [4.69, 9.17) is 9.47 Å². The molecule has 1 saturated heterocycles. The summed E-state index contributed by atoms with van der Waals surface area (Å²) in [6.45, 7) is 14.4. The summed E-state index contributed by atoms with van der Waals surface area (Å²) in [5.74, 6) is 1.13. The molecule has 0 aromatic carbocycles. The molecular weight excluding hydrogens is 466 g/mol. The molecule has 0 bridgehead atoms. The second kappa shape index (κ2) is 16.2. The minimum absolute atomic E-state index is 0. The lowest BCUT2D eigenvalue weighted by Crippen LogP contribution is -2.45. The highest BCUT2D eigenvalue weighted by Gasteiger charge is 2.50. The van der Waals surface area contributed by atoms with Crippen molar-refractivity contribution in [3.63, 3.8) is 0 Å². The molecule has 1 N–H and O–H groups in total. The van der Waals surface area contributed by atoms with Crippen LogP contribution in [0.5, 0.6) is 0 Å². The standard InChI is InChI=1S/C17H26N2O3.C11H21NO.2CH4/c1-12(2)15(21-4)17(7-5-6-8-17)16(20)22-11-14-10-18-13(3)9-19-14;1-9(2)8-11(10(3)13)4-6-12-7-5-11;;/h9-10,12,15H,5-8,11H2,1-4H3;9,12H,4-8H2,1-3H3;2*1H4. The third-order valence-electron chi connectivity index (χ3n) is 7.60. The molecule has 7 nitrogen and oxygen atoms in total. The molecule has 0 amide bonds. The van der Waals surface area contributed by atoms with Gasteiger partial charge in [-0.3, -0.25) is 19.6 Å². The Morgan fingerprint density at radius 3 is 2.03 bits per heavy atom. The topological polar surface area (TPSA) is 90.4 Å². The summed E-state index contributed by atoms with van der Waals surface area (Å²) < 4.78 is 11.2. The number of hydrogen-bond acceptors (Lipinski definition) is 7. The highest BCUT2D eigenvalue weighted by atomic mass is 16.5. The second-order valence-electron chi connectivity index (χ2n) is 11.2. The predicted molar refractivity (Wildman–Crippen MR) is 151 cm³/mol. The first kappa shape index (κ1) is 35.1. The lowest BCUT2D eigenvalue weighted by Gasteiger charge is -2.36. The largest absolute Gasteiger partial charge is 0.459 e. The van der Waals surface area contributed by atoms with Crippen LogP contribution in [0.1, 0.15) is 106 Å². The number of nitrogens with zero attached hydrogens (tertiary/aromatic N) is 2. The van der Waals surface area contributed by atoms with E-state index in [0.717, 1.165) is 63.7 Å². The first-order valence-corrected chi connectivity index (χ1v) is 13.3. The summed E-state index contributed by atoms with van der Waals surface area (Å²) in [6.07, 6.45) is 10.1. The molecule has 1 aliphatic carbocycles. The number of aromatic nitrogens is 2. The molecule has 0 radical (unpaired) electrons. The van der Waals surface area contributed by atoms with Crippen molar-refractivity contribution in [1.29, 1.82) is 0 Å². The van der Waals surface area contributed by atoms with Crippen molar-refractivity contribution >= 4 is 11.8 Å². The van der Waals surface area contributed by atoms with E-state index in [0.29, 0.717) is 17.4 Å². The van der Waals surface area contributed by atoms with E-state index < -0.39 is 5.41 Å². The molecule has 214 valence electrons. The van der Waals surface area contributed by atoms with Crippen molar-refractivity contribution in [2.45, 2.75) is 114 Å². The van der Waals surface area contributed by atoms with Gasteiger partial charge in [0.25, 0.3) is 0 Å². The van der Waals surface area contributed by atoms with E-state index in [1.165, 1.54) is 0 Å². The van der Waals surface area contributed by atoms with Crippen LogP contribution >= 0.6 is 0 Å². The lowest BCUT2D eigenvalue weighted by molar-refractivity contribution is -0.169. The van der Waals surface area contributed by atoms with Gasteiger partial charge in [-0.15, -0.1) is 0 Å². The fourth-order valence-corrected chi connectivity index (χ4v) is 5.91. The Hall–Kier alpha value is -1.86. The molecule has 2 fully saturated rings. The van der Waals surface area contributed by atoms with Gasteiger partial charge >= 0.3 is 5.97 Å². The first-order chi connectivity index (χ1) is 16.6. The van der Waals surface area contributed by atoms with Crippen LogP contribution in [0.4, 0.5) is 0 Å². The summed E-state index contributed by atoms with van der Waals surface area (Å²) >= 11 is 0. The van der Waals surface area contributed by atoms with Crippen molar-refractivity contribution in [3.8, 4) is 0 Å². The number of carbonyl (C=O) groups excluding carboxylic acids is 2. The number of ether oxygens (including phenoxy) is 2. The van der Waals surface area contributed by atoms with Gasteiger partial charge in [0.15, 0.2) is 0 Å². The summed E-state index contributed by atoms with van der Waals surface area (Å²) in [5.41, 5.74) is 1.01. The van der Waals surface area contributed by atoms with Crippen molar-refractivity contribution < 1.29 is 19.1 Å². The first-order valence-electron chi connectivity index (χ1n) is 13.3. The summed E-state index contributed by atoms with van der Waals surface area (Å²) in [5, 5.41) is 3.32. The number of nitrogens with one attached hydrogen (secondary N) is 1. The minimum Gasteiger partial charge on any atom is -0.459 e. The molecule has 1 saturated carbocycles. The zero-order valence-corrected chi connectivity index (χ0v) is 23.0. The van der Waals surface area contributed by atoms with Gasteiger partial charge in [0, 0.05) is 18.7 Å². The molecule has 2 heterocycles. The van der Waals surface area contributed by atoms with Gasteiger partial charge in [-0.05, 0) is 70.9 Å². The molecule has 1 aliphatic heterocycles. The molecular formula is C30H55N3O4. The maximum absolute atomic E-state index is 12.8. The minimum atomic E-state index is -0.513. The Balaban J connectivity index is 0.000000747. The van der Waals surface area contributed by atoms with Gasteiger partial charge in [-0.2, -0.15) is 0 Å². The third kappa shape index (κ3) is 9.43. The smallest absolute Gasteiger partial charge is 0.315 e. The fourth-order valence-electron chi connectivity index (χ4n) is 5.91. The molecule has 3 rings (SSSR count). The van der Waals surface area contributed by atoms with Crippen LogP contribution in [0.2, 0.25) is 0 Å². The van der Waals surface area contributed by atoms with E-state index in [1.807, 2.05) is 6.92 Å². The van der Waals surface area contributed by atoms with Crippen molar-refractivity contribution in [1.82, 2.24) is 15.3 Å². The van der Waals surface area contributed by atoms with Crippen LogP contribution in [0, 0.1) is 29.6 Å². The molecule has 0 spiro atoms. The van der Waals surface area contributed by atoms with E-state index in [2.05, 4.69) is 43.0 Å². The van der Waals surface area contributed by atoms with Gasteiger partial charge in [0.1, 0.15) is 12.4 Å². The van der Waals surface area contributed by atoms with Crippen LogP contribution in [-0.2, 0) is 25.7 Å². The fraction of sp³-hybridized carbons (Fsp3) is 0.800. The van der Waals surface area contributed by atoms with Crippen LogP contribution in [0.15, 0.2) is 12.4 Å². The molecule has 1 aromatic heterocycles. The van der Waals surface area contributed by atoms with Crippen LogP contribution in [-0.4, -0.2) is 48.0 Å². The van der Waals surface area contributed by atoms with E-state index in [1.54, 1.807) is 26.4 Å². The zero-order chi connectivity index (χ0) is 26.1. The van der Waals surface area contributed by atoms with Crippen molar-refractivity contribution in [3.05, 3.63) is 23.8 Å². The number of ketones is 1. The number of Topliss-reactive ketones (excluding diaryl/α,β-unsaturated/α-hetero) is 1. The molecule has 1 aromatic rings. The van der Waals surface area contributed by atoms with E-state index >= 15 is 0 Å². The normalized spacial score (nSPS) is 18.6. The van der Waals surface area contributed by atoms with Crippen LogP contribution in [0.25, 0.3) is 0 Å². The SMILES string of the molecule is C.C.CC(=O)C1(CC(C)C)CCNCC1.COC(C(C)C)C1(C(=O)OCc2cnc(C)cn2)CCCC1. The Morgan fingerprint density at radius 1 is 1.00 bits per heavy atom. The van der Waals surface area contributed by atoms with E-state index in [9.17, 15) is 9.59 Å². The Morgan fingerprint density at radius 2 is 1.59 bits per heavy atom. The monoisotopic (exact) mass is 521 g/mol. The molecule has 7 heteroatoms. The average molecular weight is 522 g/mol. The highest BCUT2D eigenvalue weighted by molar-refractivity contribution is 5.82. The average Bonchev–Trinajstić information content (AvgIpc) is 3.30. The third-order valence-corrected chi connectivity index (χ3v) is 7.60. The molecule has 2 aliphatic rings. The summed E-state index contributed by atoms with van der Waals surface area (Å²) in [4.78, 5) is 32.8. The second-order valence-corrected chi connectivity index (χ2v) is 11.2. The molecule has 1 atom stereocenters. The van der Waals surface area contributed by atoms with Gasteiger partial charge in [0.2, 0.25) is 0 Å². The van der Waals surface area contributed by atoms with Crippen molar-refractivity contribution in [2.24, 2.45) is 22.7 Å².